The molecule has 2 aromatic carbocycles. The second-order valence-electron chi connectivity index (χ2n) is 8.90. The van der Waals surface area contributed by atoms with E-state index in [1.807, 2.05) is 61.7 Å². The van der Waals surface area contributed by atoms with E-state index >= 15 is 0 Å². The van der Waals surface area contributed by atoms with E-state index in [0.29, 0.717) is 23.8 Å². The third-order valence-corrected chi connectivity index (χ3v) is 6.41. The number of hydrogen-bond donors (Lipinski definition) is 1. The number of anilines is 2. The summed E-state index contributed by atoms with van der Waals surface area (Å²) in [7, 11) is 0. The van der Waals surface area contributed by atoms with Crippen molar-refractivity contribution in [3.8, 4) is 23.3 Å². The first kappa shape index (κ1) is 23.2. The number of benzene rings is 2. The fraction of sp³-hybridized carbons (Fsp3) is 0.138. The minimum absolute atomic E-state index is 0.0807. The normalized spacial score (nSPS) is 14.4. The predicted molar refractivity (Wildman–Crippen MR) is 144 cm³/mol. The number of carbonyl (C=O) groups is 1. The molecule has 186 valence electrons. The lowest BCUT2D eigenvalue weighted by Gasteiger charge is -2.36. The second kappa shape index (κ2) is 9.67. The molecule has 1 fully saturated rings. The lowest BCUT2D eigenvalue weighted by atomic mass is 10.0. The van der Waals surface area contributed by atoms with Gasteiger partial charge in [0.2, 0.25) is 5.91 Å². The van der Waals surface area contributed by atoms with Gasteiger partial charge < -0.3 is 15.0 Å². The van der Waals surface area contributed by atoms with Crippen molar-refractivity contribution in [3.63, 3.8) is 0 Å². The number of carbonyl (C=O) groups excluding carboxylic acids is 1. The predicted octanol–water partition coefficient (Wildman–Crippen LogP) is 4.66. The molecular weight excluding hydrogens is 478 g/mol. The van der Waals surface area contributed by atoms with Crippen molar-refractivity contribution in [3.05, 3.63) is 91.2 Å². The van der Waals surface area contributed by atoms with E-state index in [1.165, 1.54) is 18.7 Å². The van der Waals surface area contributed by atoms with Crippen LogP contribution in [0.2, 0.25) is 0 Å². The van der Waals surface area contributed by atoms with Crippen LogP contribution in [-0.4, -0.2) is 48.0 Å². The maximum Gasteiger partial charge on any atom is 0.246 e. The van der Waals surface area contributed by atoms with Crippen molar-refractivity contribution in [1.82, 2.24) is 29.5 Å². The van der Waals surface area contributed by atoms with Crippen LogP contribution in [0.15, 0.2) is 80.0 Å². The zero-order valence-electron chi connectivity index (χ0n) is 20.6. The Balaban J connectivity index is 1.22. The van der Waals surface area contributed by atoms with Crippen LogP contribution in [0.3, 0.4) is 0 Å². The maximum atomic E-state index is 11.9. The third kappa shape index (κ3) is 4.51. The van der Waals surface area contributed by atoms with Crippen molar-refractivity contribution < 1.29 is 9.53 Å². The molecule has 6 rings (SSSR count). The summed E-state index contributed by atoms with van der Waals surface area (Å²) >= 11 is 0. The van der Waals surface area contributed by atoms with Crippen molar-refractivity contribution >= 4 is 34.0 Å². The van der Waals surface area contributed by atoms with Gasteiger partial charge in [0, 0.05) is 35.4 Å². The summed E-state index contributed by atoms with van der Waals surface area (Å²) in [5, 5.41) is 8.36. The second-order valence-corrected chi connectivity index (χ2v) is 8.90. The van der Waals surface area contributed by atoms with Crippen molar-refractivity contribution in [1.29, 1.82) is 0 Å². The topological polar surface area (TPSA) is 97.5 Å². The molecule has 1 saturated heterocycles. The van der Waals surface area contributed by atoms with Crippen molar-refractivity contribution in [2.75, 3.05) is 11.9 Å². The molecule has 0 saturated carbocycles. The number of nitrogens with one attached hydrogen (secondary N) is 1. The third-order valence-electron chi connectivity index (χ3n) is 6.41. The summed E-state index contributed by atoms with van der Waals surface area (Å²) < 4.78 is 7.77. The largest absolute Gasteiger partial charge is 0.457 e. The smallest absolute Gasteiger partial charge is 0.246 e. The number of amides is 1. The van der Waals surface area contributed by atoms with Crippen LogP contribution >= 0.6 is 0 Å². The molecule has 38 heavy (non-hydrogen) atoms. The van der Waals surface area contributed by atoms with Gasteiger partial charge in [0.05, 0.1) is 11.6 Å². The molecule has 0 spiro atoms. The van der Waals surface area contributed by atoms with Gasteiger partial charge in [-0.15, -0.1) is 0 Å². The van der Waals surface area contributed by atoms with Gasteiger partial charge in [-0.1, -0.05) is 18.4 Å². The first-order valence-electron chi connectivity index (χ1n) is 12.1. The molecular formula is C29H23N7O2. The summed E-state index contributed by atoms with van der Waals surface area (Å²) in [6.45, 7) is 6.26. The Kier molecular flexibility index (Phi) is 5.90. The van der Waals surface area contributed by atoms with Gasteiger partial charge in [0.15, 0.2) is 5.65 Å². The first-order chi connectivity index (χ1) is 18.6. The molecule has 0 aliphatic carbocycles. The molecule has 1 aliphatic heterocycles. The average molecular weight is 502 g/mol. The lowest BCUT2D eigenvalue weighted by molar-refractivity contribution is -0.131. The van der Waals surface area contributed by atoms with Gasteiger partial charge in [0.25, 0.3) is 0 Å². The molecule has 0 radical (unpaired) electrons. The summed E-state index contributed by atoms with van der Waals surface area (Å²) in [5.41, 5.74) is 4.18. The Morgan fingerprint density at radius 2 is 2.05 bits per heavy atom. The van der Waals surface area contributed by atoms with Gasteiger partial charge in [-0.25, -0.2) is 19.5 Å². The van der Waals surface area contributed by atoms with Gasteiger partial charge in [-0.2, -0.15) is 5.10 Å². The number of pyridine rings is 1. The van der Waals surface area contributed by atoms with E-state index in [0.717, 1.165) is 39.9 Å². The average Bonchev–Trinajstić information content (AvgIpc) is 3.38. The molecule has 1 aliphatic rings. The fourth-order valence-electron chi connectivity index (χ4n) is 4.28. The van der Waals surface area contributed by atoms with Gasteiger partial charge in [0.1, 0.15) is 30.0 Å². The SMILES string of the molecule is C=CC(=O)N1CC[C@H]1C#Cc1ccc2ncnc(Nc3ccc(Oc4ccn5ncnc5c4)c(C)c3)c2c1. The highest BCUT2D eigenvalue weighted by Gasteiger charge is 2.28. The number of rotatable bonds is 5. The highest BCUT2D eigenvalue weighted by molar-refractivity contribution is 5.91. The standard InChI is InChI=1S/C29H23N7O2/c1-3-28(37)35-12-10-22(35)7-4-20-5-8-25-24(15-20)29(32-17-30-25)34-21-6-9-26(19(2)14-21)38-23-11-13-36-27(16-23)31-18-33-36/h3,5-6,8-9,11,13-18,22H,1,10,12H2,2H3,(H,30,32,34)/t22-/m1/s1. The highest BCUT2D eigenvalue weighted by Crippen LogP contribution is 2.30. The summed E-state index contributed by atoms with van der Waals surface area (Å²) in [6, 6.07) is 15.3. The van der Waals surface area contributed by atoms with Crippen LogP contribution in [-0.2, 0) is 4.79 Å². The number of ether oxygens (including phenoxy) is 1. The van der Waals surface area contributed by atoms with Crippen LogP contribution in [0, 0.1) is 18.8 Å². The molecule has 0 unspecified atom stereocenters. The minimum Gasteiger partial charge on any atom is -0.457 e. The lowest BCUT2D eigenvalue weighted by Crippen LogP contribution is -2.49. The Labute approximate surface area is 218 Å². The number of likely N-dealkylation sites (tertiary alicyclic amines) is 1. The minimum atomic E-state index is -0.0861. The molecule has 5 aromatic rings. The quantitative estimate of drug-likeness (QED) is 0.276. The molecule has 9 heteroatoms. The van der Waals surface area contributed by atoms with Crippen molar-refractivity contribution in [2.45, 2.75) is 19.4 Å². The number of nitrogens with zero attached hydrogens (tertiary/aromatic N) is 6. The zero-order valence-corrected chi connectivity index (χ0v) is 20.6. The fourth-order valence-corrected chi connectivity index (χ4v) is 4.28. The number of aromatic nitrogens is 5. The maximum absolute atomic E-state index is 11.9. The van der Waals surface area contributed by atoms with E-state index < -0.39 is 0 Å². The van der Waals surface area contributed by atoms with Crippen LogP contribution in [0.1, 0.15) is 17.5 Å². The Morgan fingerprint density at radius 3 is 2.87 bits per heavy atom. The molecule has 3 aromatic heterocycles. The van der Waals surface area contributed by atoms with Crippen LogP contribution in [0.4, 0.5) is 11.5 Å². The highest BCUT2D eigenvalue weighted by atomic mass is 16.5. The molecule has 4 heterocycles. The van der Waals surface area contributed by atoms with Crippen LogP contribution in [0.25, 0.3) is 16.6 Å². The molecule has 9 nitrogen and oxygen atoms in total. The van der Waals surface area contributed by atoms with Crippen LogP contribution < -0.4 is 10.1 Å². The van der Waals surface area contributed by atoms with Crippen molar-refractivity contribution in [2.24, 2.45) is 0 Å². The molecule has 0 bridgehead atoms. The number of hydrogen-bond acceptors (Lipinski definition) is 7. The monoisotopic (exact) mass is 501 g/mol. The number of fused-ring (bicyclic) bond motifs is 2. The summed E-state index contributed by atoms with van der Waals surface area (Å²) in [6.07, 6.45) is 7.05. The Morgan fingerprint density at radius 1 is 1.13 bits per heavy atom. The van der Waals surface area contributed by atoms with E-state index in [9.17, 15) is 4.79 Å². The molecule has 1 N–H and O–H groups in total. The first-order valence-corrected chi connectivity index (χ1v) is 12.1. The van der Waals surface area contributed by atoms with E-state index in [2.05, 4.69) is 43.8 Å². The summed E-state index contributed by atoms with van der Waals surface area (Å²) in [5.74, 6) is 8.41. The summed E-state index contributed by atoms with van der Waals surface area (Å²) in [4.78, 5) is 26.7. The van der Waals surface area contributed by atoms with E-state index in [4.69, 9.17) is 4.74 Å². The van der Waals surface area contributed by atoms with Gasteiger partial charge >= 0.3 is 0 Å². The van der Waals surface area contributed by atoms with E-state index in [-0.39, 0.29) is 11.9 Å². The van der Waals surface area contributed by atoms with E-state index in [1.54, 1.807) is 9.42 Å². The molecule has 1 amide bonds. The van der Waals surface area contributed by atoms with Crippen LogP contribution in [0.5, 0.6) is 11.5 Å². The molecule has 1 atom stereocenters. The number of aryl methyl sites for hydroxylation is 1. The zero-order chi connectivity index (χ0) is 26.1. The Bertz CT molecular complexity index is 1770. The van der Waals surface area contributed by atoms with Gasteiger partial charge in [-0.3, -0.25) is 4.79 Å². The van der Waals surface area contributed by atoms with Gasteiger partial charge in [-0.05, 0) is 67.4 Å². The Hall–Kier alpha value is -5.23.